The molecular weight excluding hydrogens is 306 g/mol. The van der Waals surface area contributed by atoms with Gasteiger partial charge in [0.15, 0.2) is 6.61 Å². The lowest BCUT2D eigenvalue weighted by Crippen LogP contribution is -2.44. The first-order valence-corrected chi connectivity index (χ1v) is 7.44. The van der Waals surface area contributed by atoms with Crippen LogP contribution < -0.4 is 10.6 Å². The number of carbonyl (C=O) groups excluding carboxylic acids is 3. The Labute approximate surface area is 130 Å². The number of esters is 1. The quantitative estimate of drug-likeness (QED) is 0.835. The Morgan fingerprint density at radius 1 is 1.32 bits per heavy atom. The zero-order valence-electron chi connectivity index (χ0n) is 12.1. The summed E-state index contributed by atoms with van der Waals surface area (Å²) in [5.74, 6) is -1.32. The molecule has 0 fully saturated rings. The second kappa shape index (κ2) is 6.99. The highest BCUT2D eigenvalue weighted by molar-refractivity contribution is 7.16. The van der Waals surface area contributed by atoms with Gasteiger partial charge in [0.25, 0.3) is 5.91 Å². The molecule has 3 amide bonds. The van der Waals surface area contributed by atoms with Crippen LogP contribution in [0.15, 0.2) is 23.7 Å². The molecule has 0 unspecified atom stereocenters. The van der Waals surface area contributed by atoms with Crippen molar-refractivity contribution >= 4 is 39.5 Å². The molecule has 0 saturated carbocycles. The number of hydrogen-bond acceptors (Lipinski definition) is 6. The third-order valence-electron chi connectivity index (χ3n) is 2.57. The van der Waals surface area contributed by atoms with Gasteiger partial charge in [-0.1, -0.05) is 0 Å². The predicted octanol–water partition coefficient (Wildman–Crippen LogP) is 1.69. The largest absolute Gasteiger partial charge is 0.452 e. The van der Waals surface area contributed by atoms with Crippen molar-refractivity contribution in [1.82, 2.24) is 15.6 Å². The standard InChI is InChI=1S/C14H15N3O4S/c1-8(2)16-14(20)17-12(18)6-21-13(19)9-3-4-10-11(5-9)22-7-15-10/h3-5,7-8H,6H2,1-2H3,(H2,16,17,18,20). The maximum absolute atomic E-state index is 11.9. The number of nitrogens with zero attached hydrogens (tertiary/aromatic N) is 1. The Hall–Kier alpha value is -2.48. The summed E-state index contributed by atoms with van der Waals surface area (Å²) < 4.78 is 5.73. The molecule has 2 aromatic rings. The molecule has 0 aliphatic carbocycles. The molecule has 1 aromatic heterocycles. The normalized spacial score (nSPS) is 10.5. The zero-order chi connectivity index (χ0) is 16.1. The van der Waals surface area contributed by atoms with Crippen molar-refractivity contribution in [3.8, 4) is 0 Å². The van der Waals surface area contributed by atoms with Crippen LogP contribution in [0, 0.1) is 0 Å². The average Bonchev–Trinajstić information content (AvgIpc) is 2.90. The van der Waals surface area contributed by atoms with Crippen LogP contribution >= 0.6 is 11.3 Å². The number of ether oxygens (including phenoxy) is 1. The molecule has 0 saturated heterocycles. The molecule has 0 bridgehead atoms. The molecule has 0 atom stereocenters. The molecule has 1 heterocycles. The van der Waals surface area contributed by atoms with Gasteiger partial charge in [-0.2, -0.15) is 0 Å². The Balaban J connectivity index is 1.86. The summed E-state index contributed by atoms with van der Waals surface area (Å²) in [6.07, 6.45) is 0. The number of aromatic nitrogens is 1. The van der Waals surface area contributed by atoms with Crippen molar-refractivity contribution < 1.29 is 19.1 Å². The second-order valence-electron chi connectivity index (χ2n) is 4.79. The first-order valence-electron chi connectivity index (χ1n) is 6.56. The van der Waals surface area contributed by atoms with Gasteiger partial charge in [0.1, 0.15) is 0 Å². The van der Waals surface area contributed by atoms with E-state index in [1.165, 1.54) is 11.3 Å². The van der Waals surface area contributed by atoms with Gasteiger partial charge in [0, 0.05) is 6.04 Å². The van der Waals surface area contributed by atoms with Gasteiger partial charge in [-0.15, -0.1) is 11.3 Å². The smallest absolute Gasteiger partial charge is 0.338 e. The van der Waals surface area contributed by atoms with Crippen molar-refractivity contribution in [2.75, 3.05) is 6.61 Å². The average molecular weight is 321 g/mol. The lowest BCUT2D eigenvalue weighted by Gasteiger charge is -2.09. The molecular formula is C14H15N3O4S. The molecule has 2 N–H and O–H groups in total. The van der Waals surface area contributed by atoms with Gasteiger partial charge in [-0.05, 0) is 32.0 Å². The fraction of sp³-hybridized carbons (Fsp3) is 0.286. The van der Waals surface area contributed by atoms with Crippen LogP contribution in [0.1, 0.15) is 24.2 Å². The van der Waals surface area contributed by atoms with E-state index < -0.39 is 24.5 Å². The van der Waals surface area contributed by atoms with Crippen molar-refractivity contribution in [3.63, 3.8) is 0 Å². The highest BCUT2D eigenvalue weighted by Crippen LogP contribution is 2.19. The van der Waals surface area contributed by atoms with E-state index in [2.05, 4.69) is 15.6 Å². The van der Waals surface area contributed by atoms with Crippen LogP contribution in [-0.2, 0) is 9.53 Å². The van der Waals surface area contributed by atoms with Crippen molar-refractivity contribution in [1.29, 1.82) is 0 Å². The molecule has 0 aliphatic heterocycles. The minimum absolute atomic E-state index is 0.0958. The SMILES string of the molecule is CC(C)NC(=O)NC(=O)COC(=O)c1ccc2ncsc2c1. The number of hydrogen-bond donors (Lipinski definition) is 2. The number of urea groups is 1. The van der Waals surface area contributed by atoms with Gasteiger partial charge >= 0.3 is 12.0 Å². The van der Waals surface area contributed by atoms with E-state index in [9.17, 15) is 14.4 Å². The second-order valence-corrected chi connectivity index (χ2v) is 5.67. The summed E-state index contributed by atoms with van der Waals surface area (Å²) in [6.45, 7) is 3.00. The fourth-order valence-electron chi connectivity index (χ4n) is 1.66. The lowest BCUT2D eigenvalue weighted by atomic mass is 10.2. The summed E-state index contributed by atoms with van der Waals surface area (Å²) in [7, 11) is 0. The summed E-state index contributed by atoms with van der Waals surface area (Å²) in [6, 6.07) is 4.22. The molecule has 0 aliphatic rings. The number of amides is 3. The number of thiazole rings is 1. The van der Waals surface area contributed by atoms with Gasteiger partial charge < -0.3 is 10.1 Å². The zero-order valence-corrected chi connectivity index (χ0v) is 12.9. The molecule has 0 radical (unpaired) electrons. The third-order valence-corrected chi connectivity index (χ3v) is 3.37. The Morgan fingerprint density at radius 2 is 2.09 bits per heavy atom. The summed E-state index contributed by atoms with van der Waals surface area (Å²) in [4.78, 5) is 38.8. The maximum atomic E-state index is 11.9. The number of fused-ring (bicyclic) bond motifs is 1. The van der Waals surface area contributed by atoms with E-state index >= 15 is 0 Å². The van der Waals surface area contributed by atoms with Crippen LogP contribution in [0.5, 0.6) is 0 Å². The lowest BCUT2D eigenvalue weighted by molar-refractivity contribution is -0.123. The summed E-state index contributed by atoms with van der Waals surface area (Å²) in [5.41, 5.74) is 2.81. The molecule has 22 heavy (non-hydrogen) atoms. The molecule has 7 nitrogen and oxygen atoms in total. The number of imide groups is 1. The highest BCUT2D eigenvalue weighted by Gasteiger charge is 2.13. The number of carbonyl (C=O) groups is 3. The highest BCUT2D eigenvalue weighted by atomic mass is 32.1. The van der Waals surface area contributed by atoms with E-state index in [0.717, 1.165) is 10.2 Å². The topological polar surface area (TPSA) is 97.4 Å². The Bertz CT molecular complexity index is 711. The van der Waals surface area contributed by atoms with Gasteiger partial charge in [0.2, 0.25) is 0 Å². The molecule has 2 rings (SSSR count). The van der Waals surface area contributed by atoms with Crippen LogP contribution in [0.3, 0.4) is 0 Å². The van der Waals surface area contributed by atoms with Crippen LogP contribution in [0.25, 0.3) is 10.2 Å². The summed E-state index contributed by atoms with van der Waals surface area (Å²) in [5, 5.41) is 4.56. The van der Waals surface area contributed by atoms with Crippen LogP contribution in [-0.4, -0.2) is 35.5 Å². The van der Waals surface area contributed by atoms with E-state index in [0.29, 0.717) is 5.56 Å². The van der Waals surface area contributed by atoms with Gasteiger partial charge in [0.05, 0.1) is 21.3 Å². The molecule has 1 aromatic carbocycles. The monoisotopic (exact) mass is 321 g/mol. The van der Waals surface area contributed by atoms with Crippen molar-refractivity contribution in [2.24, 2.45) is 0 Å². The number of rotatable bonds is 4. The van der Waals surface area contributed by atoms with Gasteiger partial charge in [-0.25, -0.2) is 14.6 Å². The minimum atomic E-state index is -0.689. The van der Waals surface area contributed by atoms with Crippen LogP contribution in [0.2, 0.25) is 0 Å². The molecule has 8 heteroatoms. The van der Waals surface area contributed by atoms with Gasteiger partial charge in [-0.3, -0.25) is 10.1 Å². The van der Waals surface area contributed by atoms with Crippen molar-refractivity contribution in [2.45, 2.75) is 19.9 Å². The minimum Gasteiger partial charge on any atom is -0.452 e. The van der Waals surface area contributed by atoms with E-state index in [1.54, 1.807) is 37.6 Å². The summed E-state index contributed by atoms with van der Waals surface area (Å²) >= 11 is 1.41. The maximum Gasteiger partial charge on any atom is 0.338 e. The fourth-order valence-corrected chi connectivity index (χ4v) is 2.37. The van der Waals surface area contributed by atoms with E-state index in [4.69, 9.17) is 4.74 Å². The number of benzene rings is 1. The third kappa shape index (κ3) is 4.26. The number of nitrogens with one attached hydrogen (secondary N) is 2. The molecule has 116 valence electrons. The Kier molecular flexibility index (Phi) is 5.05. The first-order chi connectivity index (χ1) is 10.5. The Morgan fingerprint density at radius 3 is 2.82 bits per heavy atom. The predicted molar refractivity (Wildman–Crippen MR) is 81.7 cm³/mol. The van der Waals surface area contributed by atoms with Crippen molar-refractivity contribution in [3.05, 3.63) is 29.3 Å². The van der Waals surface area contributed by atoms with E-state index in [1.807, 2.05) is 0 Å². The molecule has 0 spiro atoms. The van der Waals surface area contributed by atoms with E-state index in [-0.39, 0.29) is 6.04 Å². The first kappa shape index (κ1) is 15.9. The van der Waals surface area contributed by atoms with Crippen LogP contribution in [0.4, 0.5) is 4.79 Å².